The lowest BCUT2D eigenvalue weighted by atomic mass is 10.2. The molecule has 0 fully saturated rings. The van der Waals surface area contributed by atoms with Crippen molar-refractivity contribution in [2.45, 2.75) is 5.51 Å². The Kier molecular flexibility index (Phi) is 3.58. The average molecular weight is 324 g/mol. The van der Waals surface area contributed by atoms with Crippen LogP contribution in [0, 0.1) is 0 Å². The molecule has 1 aromatic carbocycles. The number of methoxy groups -OCH3 is 1. The highest BCUT2D eigenvalue weighted by molar-refractivity contribution is 7.88. The third kappa shape index (κ3) is 2.94. The molecular weight excluding hydrogens is 317 g/mol. The Morgan fingerprint density at radius 2 is 1.90 bits per heavy atom. The molecule has 0 saturated heterocycles. The first-order valence-corrected chi connectivity index (χ1v) is 6.67. The molecule has 0 saturated carbocycles. The van der Waals surface area contributed by atoms with E-state index in [9.17, 15) is 26.4 Å². The number of carbonyl (C=O) groups is 1. The monoisotopic (exact) mass is 324 g/mol. The number of alkyl halides is 3. The molecule has 6 nitrogen and oxygen atoms in total. The zero-order valence-corrected chi connectivity index (χ0v) is 11.1. The fraction of sp³-hybridized carbons (Fsp3) is 0.182. The second-order valence-electron chi connectivity index (χ2n) is 3.79. The molecule has 10 heteroatoms. The molecule has 0 N–H and O–H groups in total. The van der Waals surface area contributed by atoms with Gasteiger partial charge in [-0.25, -0.2) is 4.79 Å². The molecule has 0 amide bonds. The van der Waals surface area contributed by atoms with E-state index in [1.54, 1.807) is 0 Å². The summed E-state index contributed by atoms with van der Waals surface area (Å²) in [5, 5.41) is 0.185. The number of rotatable bonds is 3. The molecule has 0 aliphatic rings. The Labute approximate surface area is 116 Å². The van der Waals surface area contributed by atoms with Gasteiger partial charge < -0.3 is 13.3 Å². The van der Waals surface area contributed by atoms with Crippen molar-refractivity contribution in [1.82, 2.24) is 0 Å². The Balaban J connectivity index is 2.38. The number of benzene rings is 1. The summed E-state index contributed by atoms with van der Waals surface area (Å²) >= 11 is 0. The number of fused-ring (bicyclic) bond motifs is 1. The summed E-state index contributed by atoms with van der Waals surface area (Å²) in [6, 6.07) is 4.32. The first-order valence-electron chi connectivity index (χ1n) is 5.27. The molecule has 1 heterocycles. The van der Waals surface area contributed by atoms with Gasteiger partial charge in [-0.2, -0.15) is 21.6 Å². The summed E-state index contributed by atoms with van der Waals surface area (Å²) in [7, 11) is -4.63. The van der Waals surface area contributed by atoms with Crippen LogP contribution in [-0.4, -0.2) is 27.0 Å². The predicted molar refractivity (Wildman–Crippen MR) is 63.2 cm³/mol. The fourth-order valence-electron chi connectivity index (χ4n) is 1.45. The lowest BCUT2D eigenvalue weighted by molar-refractivity contribution is -0.0500. The van der Waals surface area contributed by atoms with E-state index in [0.717, 1.165) is 19.2 Å². The van der Waals surface area contributed by atoms with Gasteiger partial charge in [0.1, 0.15) is 11.3 Å². The molecule has 0 spiro atoms. The highest BCUT2D eigenvalue weighted by Gasteiger charge is 2.48. The van der Waals surface area contributed by atoms with Gasteiger partial charge in [-0.1, -0.05) is 0 Å². The summed E-state index contributed by atoms with van der Waals surface area (Å²) in [6.07, 6.45) is 0. The van der Waals surface area contributed by atoms with Crippen molar-refractivity contribution in [2.75, 3.05) is 7.11 Å². The summed E-state index contributed by atoms with van der Waals surface area (Å²) in [6.45, 7) is 0. The van der Waals surface area contributed by atoms with E-state index in [1.165, 1.54) is 12.1 Å². The number of hydrogen-bond donors (Lipinski definition) is 0. The Hall–Kier alpha value is -2.23. The third-order valence-electron chi connectivity index (χ3n) is 2.36. The zero-order chi connectivity index (χ0) is 15.8. The van der Waals surface area contributed by atoms with E-state index in [-0.39, 0.29) is 16.7 Å². The van der Waals surface area contributed by atoms with E-state index < -0.39 is 27.3 Å². The van der Waals surface area contributed by atoms with Crippen molar-refractivity contribution >= 4 is 27.1 Å². The average Bonchev–Trinajstić information content (AvgIpc) is 2.79. The van der Waals surface area contributed by atoms with Gasteiger partial charge in [0.25, 0.3) is 0 Å². The zero-order valence-electron chi connectivity index (χ0n) is 10.3. The van der Waals surface area contributed by atoms with E-state index >= 15 is 0 Å². The van der Waals surface area contributed by atoms with Crippen LogP contribution in [-0.2, 0) is 14.9 Å². The van der Waals surface area contributed by atoms with Crippen LogP contribution in [0.15, 0.2) is 28.7 Å². The highest BCUT2D eigenvalue weighted by atomic mass is 32.2. The normalized spacial score (nSPS) is 12.4. The molecule has 1 aromatic heterocycles. The number of ether oxygens (including phenoxy) is 1. The molecular formula is C11H7F3O6S. The minimum Gasteiger partial charge on any atom is -0.463 e. The van der Waals surface area contributed by atoms with Crippen LogP contribution in [0.5, 0.6) is 5.75 Å². The van der Waals surface area contributed by atoms with Gasteiger partial charge in [0, 0.05) is 5.39 Å². The number of halogens is 3. The maximum absolute atomic E-state index is 12.2. The quantitative estimate of drug-likeness (QED) is 0.490. The van der Waals surface area contributed by atoms with Crippen molar-refractivity contribution in [1.29, 1.82) is 0 Å². The number of esters is 1. The van der Waals surface area contributed by atoms with Crippen molar-refractivity contribution in [3.8, 4) is 5.75 Å². The van der Waals surface area contributed by atoms with Crippen molar-refractivity contribution in [3.63, 3.8) is 0 Å². The minimum atomic E-state index is -5.76. The maximum Gasteiger partial charge on any atom is 0.534 e. The van der Waals surface area contributed by atoms with Gasteiger partial charge in [0.2, 0.25) is 5.76 Å². The molecule has 0 aliphatic carbocycles. The van der Waals surface area contributed by atoms with Crippen molar-refractivity contribution in [3.05, 3.63) is 30.0 Å². The fourth-order valence-corrected chi connectivity index (χ4v) is 1.90. The van der Waals surface area contributed by atoms with Gasteiger partial charge in [-0.15, -0.1) is 0 Å². The van der Waals surface area contributed by atoms with Crippen LogP contribution < -0.4 is 4.18 Å². The van der Waals surface area contributed by atoms with Crippen LogP contribution >= 0.6 is 0 Å². The smallest absolute Gasteiger partial charge is 0.463 e. The predicted octanol–water partition coefficient (Wildman–Crippen LogP) is 2.45. The molecule has 0 atom stereocenters. The summed E-state index contributed by atoms with van der Waals surface area (Å²) in [5.41, 5.74) is -5.37. The lowest BCUT2D eigenvalue weighted by Crippen LogP contribution is -2.27. The van der Waals surface area contributed by atoms with Crippen LogP contribution in [0.2, 0.25) is 0 Å². The number of carbonyl (C=O) groups excluding carboxylic acids is 1. The SMILES string of the molecule is COC(=O)c1cc2cc(OS(=O)(=O)C(F)(F)F)ccc2o1. The first kappa shape index (κ1) is 15.2. The van der Waals surface area contributed by atoms with Gasteiger partial charge in [0.05, 0.1) is 7.11 Å². The number of furan rings is 1. The van der Waals surface area contributed by atoms with Crippen LogP contribution in [0.1, 0.15) is 10.6 Å². The van der Waals surface area contributed by atoms with Crippen LogP contribution in [0.3, 0.4) is 0 Å². The highest BCUT2D eigenvalue weighted by Crippen LogP contribution is 2.30. The lowest BCUT2D eigenvalue weighted by Gasteiger charge is -2.08. The van der Waals surface area contributed by atoms with Gasteiger partial charge >= 0.3 is 21.6 Å². The van der Waals surface area contributed by atoms with Gasteiger partial charge in [-0.3, -0.25) is 0 Å². The molecule has 114 valence electrons. The van der Waals surface area contributed by atoms with Crippen LogP contribution in [0.25, 0.3) is 11.0 Å². The van der Waals surface area contributed by atoms with Gasteiger partial charge in [-0.05, 0) is 24.3 Å². The Bertz CT molecular complexity index is 790. The molecule has 0 radical (unpaired) electrons. The first-order chi connectivity index (χ1) is 9.64. The van der Waals surface area contributed by atoms with Crippen LogP contribution in [0.4, 0.5) is 13.2 Å². The molecule has 2 rings (SSSR count). The topological polar surface area (TPSA) is 82.8 Å². The Morgan fingerprint density at radius 3 is 2.48 bits per heavy atom. The van der Waals surface area contributed by atoms with Crippen molar-refractivity contribution < 1.29 is 39.7 Å². The largest absolute Gasteiger partial charge is 0.534 e. The minimum absolute atomic E-state index is 0.159. The molecule has 21 heavy (non-hydrogen) atoms. The molecule has 0 aliphatic heterocycles. The van der Waals surface area contributed by atoms with E-state index in [1.807, 2.05) is 0 Å². The summed E-state index contributed by atoms with van der Waals surface area (Å²) in [5.74, 6) is -1.52. The number of hydrogen-bond acceptors (Lipinski definition) is 6. The second-order valence-corrected chi connectivity index (χ2v) is 5.32. The van der Waals surface area contributed by atoms with Gasteiger partial charge in [0.15, 0.2) is 0 Å². The second kappa shape index (κ2) is 4.95. The third-order valence-corrected chi connectivity index (χ3v) is 3.34. The van der Waals surface area contributed by atoms with E-state index in [0.29, 0.717) is 0 Å². The molecule has 0 bridgehead atoms. The maximum atomic E-state index is 12.2. The Morgan fingerprint density at radius 1 is 1.24 bits per heavy atom. The van der Waals surface area contributed by atoms with E-state index in [2.05, 4.69) is 8.92 Å². The summed E-state index contributed by atoms with van der Waals surface area (Å²) in [4.78, 5) is 11.2. The van der Waals surface area contributed by atoms with E-state index in [4.69, 9.17) is 4.42 Å². The molecule has 2 aromatic rings. The standard InChI is InChI=1S/C11H7F3O6S/c1-18-10(15)9-5-6-4-7(2-3-8(6)19-9)20-21(16,17)11(12,13)14/h2-5H,1H3. The summed E-state index contributed by atoms with van der Waals surface area (Å²) < 4.78 is 71.8. The molecule has 0 unspecified atom stereocenters. The van der Waals surface area contributed by atoms with Crippen molar-refractivity contribution in [2.24, 2.45) is 0 Å².